The Morgan fingerprint density at radius 3 is 1.06 bits per heavy atom. The maximum absolute atomic E-state index is 2.36. The standard InChI is InChI=1S/C36H18/c1-3-11-23-21(9-1)25-17-15-19-7-6-14-28-29(19)33(25)35-31(23)27-13-5-8-20-16-18-26-22-10-2-4-12-24(22)32(28)36(35)34(26)30(20)27/h1-18H. The van der Waals surface area contributed by atoms with Crippen molar-refractivity contribution in [2.24, 2.45) is 0 Å². The van der Waals surface area contributed by atoms with Gasteiger partial charge >= 0.3 is 0 Å². The van der Waals surface area contributed by atoms with Gasteiger partial charge in [-0.2, -0.15) is 0 Å². The Kier molecular flexibility index (Phi) is 2.83. The fourth-order valence-corrected chi connectivity index (χ4v) is 7.59. The minimum absolute atomic E-state index is 1.32. The van der Waals surface area contributed by atoms with E-state index >= 15 is 0 Å². The number of rotatable bonds is 0. The van der Waals surface area contributed by atoms with Gasteiger partial charge in [-0.3, -0.25) is 0 Å². The molecule has 0 radical (unpaired) electrons. The third kappa shape index (κ3) is 1.77. The highest BCUT2D eigenvalue weighted by atomic mass is 14.3. The lowest BCUT2D eigenvalue weighted by molar-refractivity contribution is 1.80. The highest BCUT2D eigenvalue weighted by Gasteiger charge is 2.25. The second-order valence-corrected chi connectivity index (χ2v) is 10.4. The monoisotopic (exact) mass is 450 g/mol. The summed E-state index contributed by atoms with van der Waals surface area (Å²) in [6, 6.07) is 41.1. The Morgan fingerprint density at radius 1 is 0.194 bits per heavy atom. The van der Waals surface area contributed by atoms with Crippen LogP contribution in [0.5, 0.6) is 0 Å². The van der Waals surface area contributed by atoms with E-state index in [-0.39, 0.29) is 0 Å². The molecular weight excluding hydrogens is 432 g/mol. The van der Waals surface area contributed by atoms with Crippen LogP contribution in [0.25, 0.3) is 97.0 Å². The molecule has 0 heterocycles. The first-order chi connectivity index (χ1) is 17.9. The third-order valence-corrected chi connectivity index (χ3v) is 8.85. The van der Waals surface area contributed by atoms with Gasteiger partial charge in [0.05, 0.1) is 0 Å². The molecule has 0 spiro atoms. The average Bonchev–Trinajstić information content (AvgIpc) is 2.95. The number of fused-ring (bicyclic) bond motifs is 8. The van der Waals surface area contributed by atoms with E-state index < -0.39 is 0 Å². The molecule has 0 nitrogen and oxygen atoms in total. The Hall–Kier alpha value is -4.68. The molecule has 0 atom stereocenters. The molecule has 0 N–H and O–H groups in total. The minimum atomic E-state index is 1.32. The van der Waals surface area contributed by atoms with Crippen LogP contribution in [0.2, 0.25) is 0 Å². The number of hydrogen-bond acceptors (Lipinski definition) is 0. The van der Waals surface area contributed by atoms with Gasteiger partial charge in [-0.15, -0.1) is 0 Å². The summed E-state index contributed by atoms with van der Waals surface area (Å²) in [5.41, 5.74) is 0. The summed E-state index contributed by atoms with van der Waals surface area (Å²) in [6.07, 6.45) is 0. The molecule has 0 bridgehead atoms. The quantitative estimate of drug-likeness (QED) is 0.159. The third-order valence-electron chi connectivity index (χ3n) is 8.85. The molecule has 0 fully saturated rings. The van der Waals surface area contributed by atoms with Gasteiger partial charge in [0, 0.05) is 0 Å². The van der Waals surface area contributed by atoms with Crippen molar-refractivity contribution in [3.63, 3.8) is 0 Å². The molecule has 0 aromatic heterocycles. The van der Waals surface area contributed by atoms with E-state index in [1.807, 2.05) is 0 Å². The Morgan fingerprint density at radius 2 is 0.583 bits per heavy atom. The summed E-state index contributed by atoms with van der Waals surface area (Å²) in [4.78, 5) is 0. The van der Waals surface area contributed by atoms with E-state index in [0.717, 1.165) is 0 Å². The lowest BCUT2D eigenvalue weighted by atomic mass is 9.78. The van der Waals surface area contributed by atoms with Gasteiger partial charge in [0.25, 0.3) is 0 Å². The fraction of sp³-hybridized carbons (Fsp3) is 0. The van der Waals surface area contributed by atoms with Crippen LogP contribution < -0.4 is 0 Å². The highest BCUT2D eigenvalue weighted by Crippen LogP contribution is 2.54. The molecule has 10 rings (SSSR count). The number of hydrogen-bond donors (Lipinski definition) is 0. The number of benzene rings is 10. The predicted molar refractivity (Wildman–Crippen MR) is 158 cm³/mol. The van der Waals surface area contributed by atoms with Crippen LogP contribution in [0.4, 0.5) is 0 Å². The van der Waals surface area contributed by atoms with Crippen molar-refractivity contribution in [1.82, 2.24) is 0 Å². The predicted octanol–water partition coefficient (Wildman–Crippen LogP) is 10.4. The molecule has 10 aromatic rings. The normalized spacial score (nSPS) is 13.0. The summed E-state index contributed by atoms with van der Waals surface area (Å²) in [5.74, 6) is 0. The van der Waals surface area contributed by atoms with Crippen molar-refractivity contribution in [2.45, 2.75) is 0 Å². The van der Waals surface area contributed by atoms with Crippen molar-refractivity contribution < 1.29 is 0 Å². The summed E-state index contributed by atoms with van der Waals surface area (Å²) in [5, 5.41) is 24.9. The van der Waals surface area contributed by atoms with Crippen molar-refractivity contribution in [2.75, 3.05) is 0 Å². The van der Waals surface area contributed by atoms with Crippen LogP contribution in [-0.4, -0.2) is 0 Å². The Labute approximate surface area is 206 Å². The van der Waals surface area contributed by atoms with Crippen molar-refractivity contribution in [1.29, 1.82) is 0 Å². The van der Waals surface area contributed by atoms with E-state index in [0.29, 0.717) is 0 Å². The van der Waals surface area contributed by atoms with Crippen molar-refractivity contribution in [3.05, 3.63) is 109 Å². The second-order valence-electron chi connectivity index (χ2n) is 10.4. The van der Waals surface area contributed by atoms with Crippen molar-refractivity contribution in [3.8, 4) is 0 Å². The first kappa shape index (κ1) is 17.7. The Balaban J connectivity index is 1.80. The van der Waals surface area contributed by atoms with Gasteiger partial charge in [-0.1, -0.05) is 109 Å². The molecule has 10 aromatic carbocycles. The topological polar surface area (TPSA) is 0 Å². The van der Waals surface area contributed by atoms with Gasteiger partial charge in [-0.05, 0) is 97.0 Å². The van der Waals surface area contributed by atoms with Crippen LogP contribution in [0, 0.1) is 0 Å². The maximum Gasteiger partial charge on any atom is -0.0000710 e. The summed E-state index contributed by atoms with van der Waals surface area (Å²) < 4.78 is 0. The zero-order valence-electron chi connectivity index (χ0n) is 19.4. The summed E-state index contributed by atoms with van der Waals surface area (Å²) in [7, 11) is 0. The smallest absolute Gasteiger partial charge is 0.0000710 e. The summed E-state index contributed by atoms with van der Waals surface area (Å²) in [6.45, 7) is 0. The molecule has 0 aliphatic heterocycles. The SMILES string of the molecule is c1ccc2c(c1)c1ccc3cccc4c3c1c1c2c2cccc3ccc5c6ccccc6c4c1c5c32. The van der Waals surface area contributed by atoms with E-state index in [9.17, 15) is 0 Å². The van der Waals surface area contributed by atoms with Gasteiger partial charge in [-0.25, -0.2) is 0 Å². The zero-order valence-corrected chi connectivity index (χ0v) is 19.4. The molecule has 0 aliphatic carbocycles. The average molecular weight is 451 g/mol. The molecule has 36 heavy (non-hydrogen) atoms. The largest absolute Gasteiger partial charge is 0.0616 e. The lowest BCUT2D eigenvalue weighted by Gasteiger charge is -2.24. The van der Waals surface area contributed by atoms with E-state index in [2.05, 4.69) is 109 Å². The minimum Gasteiger partial charge on any atom is -0.0616 e. The second kappa shape index (κ2) is 5.75. The van der Waals surface area contributed by atoms with Crippen LogP contribution in [0.15, 0.2) is 109 Å². The fourth-order valence-electron chi connectivity index (χ4n) is 7.59. The lowest BCUT2D eigenvalue weighted by Crippen LogP contribution is -1.96. The van der Waals surface area contributed by atoms with Crippen LogP contribution in [0.1, 0.15) is 0 Å². The van der Waals surface area contributed by atoms with Crippen molar-refractivity contribution >= 4 is 97.0 Å². The molecule has 0 aliphatic rings. The molecule has 0 saturated carbocycles. The van der Waals surface area contributed by atoms with Gasteiger partial charge < -0.3 is 0 Å². The van der Waals surface area contributed by atoms with E-state index in [4.69, 9.17) is 0 Å². The molecular formula is C36H18. The van der Waals surface area contributed by atoms with Crippen LogP contribution in [-0.2, 0) is 0 Å². The molecule has 0 amide bonds. The first-order valence-electron chi connectivity index (χ1n) is 12.7. The first-order valence-corrected chi connectivity index (χ1v) is 12.7. The van der Waals surface area contributed by atoms with E-state index in [1.165, 1.54) is 97.0 Å². The molecule has 0 saturated heterocycles. The summed E-state index contributed by atoms with van der Waals surface area (Å²) >= 11 is 0. The zero-order chi connectivity index (χ0) is 23.1. The van der Waals surface area contributed by atoms with E-state index in [1.54, 1.807) is 0 Å². The Bertz CT molecular complexity index is 2330. The molecule has 162 valence electrons. The molecule has 0 unspecified atom stereocenters. The van der Waals surface area contributed by atoms with Crippen LogP contribution >= 0.6 is 0 Å². The maximum atomic E-state index is 2.36. The van der Waals surface area contributed by atoms with Gasteiger partial charge in [0.1, 0.15) is 0 Å². The van der Waals surface area contributed by atoms with Gasteiger partial charge in [0.2, 0.25) is 0 Å². The molecule has 0 heteroatoms. The highest BCUT2D eigenvalue weighted by molar-refractivity contribution is 6.54. The van der Waals surface area contributed by atoms with Gasteiger partial charge in [0.15, 0.2) is 0 Å². The van der Waals surface area contributed by atoms with Crippen LogP contribution in [0.3, 0.4) is 0 Å².